The van der Waals surface area contributed by atoms with E-state index in [1.807, 2.05) is 79.8 Å². The summed E-state index contributed by atoms with van der Waals surface area (Å²) in [6.45, 7) is 21.0. The van der Waals surface area contributed by atoms with Crippen molar-refractivity contribution in [2.75, 3.05) is 12.0 Å². The third kappa shape index (κ3) is 10.2. The second kappa shape index (κ2) is 13.0. The van der Waals surface area contributed by atoms with Crippen LogP contribution in [0.15, 0.2) is 18.2 Å². The Hall–Kier alpha value is -2.22. The molecule has 1 aromatic rings. The number of nitrogens with one attached hydrogen (secondary N) is 2. The molecule has 1 rings (SSSR count). The van der Waals surface area contributed by atoms with Gasteiger partial charge < -0.3 is 20.3 Å². The predicted octanol–water partition coefficient (Wildman–Crippen LogP) is 5.92. The number of ether oxygens (including phenoxy) is 1. The van der Waals surface area contributed by atoms with Gasteiger partial charge in [-0.3, -0.25) is 9.59 Å². The fourth-order valence-electron chi connectivity index (χ4n) is 3.95. The molecule has 2 N–H and O–H groups in total. The molecule has 0 aliphatic rings. The summed E-state index contributed by atoms with van der Waals surface area (Å²) in [6.07, 6.45) is 2.34. The van der Waals surface area contributed by atoms with Crippen LogP contribution in [0.2, 0.25) is 0 Å². The minimum Gasteiger partial charge on any atom is -0.444 e. The molecule has 37 heavy (non-hydrogen) atoms. The summed E-state index contributed by atoms with van der Waals surface area (Å²) >= 11 is 1.59. The van der Waals surface area contributed by atoms with Gasteiger partial charge in [0.05, 0.1) is 0 Å². The quantitative estimate of drug-likeness (QED) is 0.388. The molecule has 0 bridgehead atoms. The van der Waals surface area contributed by atoms with E-state index in [1.54, 1.807) is 37.4 Å². The SMILES string of the molecule is CCC(C)(C)N(C(=O)C(CCSC)NC(=O)OC(C)(C)C)C(C(=O)NC(C)(C)C)c1cc(C)ccc1C. The molecule has 0 aliphatic carbocycles. The molecule has 3 amide bonds. The van der Waals surface area contributed by atoms with Crippen molar-refractivity contribution in [3.8, 4) is 0 Å². The minimum absolute atomic E-state index is 0.253. The van der Waals surface area contributed by atoms with Crippen molar-refractivity contribution in [3.05, 3.63) is 34.9 Å². The van der Waals surface area contributed by atoms with Gasteiger partial charge in [-0.1, -0.05) is 30.7 Å². The van der Waals surface area contributed by atoms with Gasteiger partial charge in [0.15, 0.2) is 0 Å². The molecule has 210 valence electrons. The molecule has 0 radical (unpaired) electrons. The van der Waals surface area contributed by atoms with E-state index in [2.05, 4.69) is 10.6 Å². The Balaban J connectivity index is 3.74. The maximum atomic E-state index is 14.4. The zero-order valence-corrected chi connectivity index (χ0v) is 25.8. The van der Waals surface area contributed by atoms with Crippen LogP contribution in [0.3, 0.4) is 0 Å². The summed E-state index contributed by atoms with van der Waals surface area (Å²) in [7, 11) is 0. The van der Waals surface area contributed by atoms with E-state index < -0.39 is 34.9 Å². The van der Waals surface area contributed by atoms with Crippen molar-refractivity contribution in [2.45, 2.75) is 118 Å². The molecule has 1 aromatic carbocycles. The molecule has 7 nitrogen and oxygen atoms in total. The molecule has 0 saturated carbocycles. The van der Waals surface area contributed by atoms with E-state index in [0.29, 0.717) is 18.6 Å². The first-order valence-corrected chi connectivity index (χ1v) is 14.4. The predicted molar refractivity (Wildman–Crippen MR) is 154 cm³/mol. The smallest absolute Gasteiger partial charge is 0.408 e. The first-order chi connectivity index (χ1) is 16.8. The zero-order valence-electron chi connectivity index (χ0n) is 25.0. The highest BCUT2D eigenvalue weighted by molar-refractivity contribution is 7.98. The van der Waals surface area contributed by atoms with E-state index in [1.165, 1.54) is 0 Å². The van der Waals surface area contributed by atoms with Gasteiger partial charge in [0.25, 0.3) is 0 Å². The first kappa shape index (κ1) is 32.8. The summed E-state index contributed by atoms with van der Waals surface area (Å²) in [5, 5.41) is 5.91. The number of carbonyl (C=O) groups excluding carboxylic acids is 3. The summed E-state index contributed by atoms with van der Waals surface area (Å²) in [4.78, 5) is 42.8. The molecule has 0 aliphatic heterocycles. The van der Waals surface area contributed by atoms with Gasteiger partial charge in [0.2, 0.25) is 11.8 Å². The molecule has 0 saturated heterocycles. The number of amides is 3. The van der Waals surface area contributed by atoms with Crippen LogP contribution in [0.5, 0.6) is 0 Å². The van der Waals surface area contributed by atoms with Crippen LogP contribution in [0, 0.1) is 13.8 Å². The van der Waals surface area contributed by atoms with E-state index in [9.17, 15) is 14.4 Å². The topological polar surface area (TPSA) is 87.7 Å². The Morgan fingerprint density at radius 1 is 1.03 bits per heavy atom. The fourth-order valence-corrected chi connectivity index (χ4v) is 4.42. The van der Waals surface area contributed by atoms with Gasteiger partial charge in [-0.05, 0) is 105 Å². The second-order valence-corrected chi connectivity index (χ2v) is 13.3. The molecular weight excluding hydrogens is 486 g/mol. The lowest BCUT2D eigenvalue weighted by Crippen LogP contribution is -2.60. The van der Waals surface area contributed by atoms with Gasteiger partial charge in [-0.2, -0.15) is 11.8 Å². The Morgan fingerprint density at radius 3 is 2.11 bits per heavy atom. The molecule has 0 spiro atoms. The highest BCUT2D eigenvalue weighted by Crippen LogP contribution is 2.34. The standard InChI is InChI=1S/C29H49N3O4S/c1-13-29(10,11)32(25(34)22(16-17-37-12)30-26(35)36-28(7,8)9)23(24(33)31-27(4,5)6)21-18-19(2)14-15-20(21)3/h14-15,18,22-23H,13,16-17H2,1-12H3,(H,30,35)(H,31,33). The van der Waals surface area contributed by atoms with Crippen molar-refractivity contribution in [1.29, 1.82) is 0 Å². The van der Waals surface area contributed by atoms with Crippen molar-refractivity contribution in [2.24, 2.45) is 0 Å². The third-order valence-corrected chi connectivity index (χ3v) is 6.73. The van der Waals surface area contributed by atoms with E-state index in [-0.39, 0.29) is 11.8 Å². The van der Waals surface area contributed by atoms with Gasteiger partial charge >= 0.3 is 6.09 Å². The second-order valence-electron chi connectivity index (χ2n) is 12.4. The average Bonchev–Trinajstić information content (AvgIpc) is 2.73. The number of nitrogens with zero attached hydrogens (tertiary/aromatic N) is 1. The number of hydrogen-bond acceptors (Lipinski definition) is 5. The van der Waals surface area contributed by atoms with Crippen LogP contribution < -0.4 is 10.6 Å². The number of rotatable bonds is 10. The number of alkyl carbamates (subject to hydrolysis) is 1. The normalized spacial score (nSPS) is 13.9. The van der Waals surface area contributed by atoms with Gasteiger partial charge in [0, 0.05) is 11.1 Å². The van der Waals surface area contributed by atoms with Crippen molar-refractivity contribution >= 4 is 29.7 Å². The number of carbonyl (C=O) groups is 3. The van der Waals surface area contributed by atoms with Crippen LogP contribution in [0.1, 0.15) is 97.9 Å². The lowest BCUT2D eigenvalue weighted by atomic mass is 9.89. The van der Waals surface area contributed by atoms with Gasteiger partial charge in [0.1, 0.15) is 17.7 Å². The zero-order chi connectivity index (χ0) is 28.8. The maximum Gasteiger partial charge on any atom is 0.408 e. The lowest BCUT2D eigenvalue weighted by molar-refractivity contribution is -0.150. The van der Waals surface area contributed by atoms with E-state index >= 15 is 0 Å². The van der Waals surface area contributed by atoms with E-state index in [0.717, 1.165) is 16.7 Å². The molecule has 2 unspecified atom stereocenters. The maximum absolute atomic E-state index is 14.4. The molecule has 0 fully saturated rings. The van der Waals surface area contributed by atoms with Crippen LogP contribution in [0.4, 0.5) is 4.79 Å². The molecule has 0 aromatic heterocycles. The monoisotopic (exact) mass is 535 g/mol. The molecule has 2 atom stereocenters. The molecule has 8 heteroatoms. The molecule has 0 heterocycles. The highest BCUT2D eigenvalue weighted by Gasteiger charge is 2.44. The largest absolute Gasteiger partial charge is 0.444 e. The summed E-state index contributed by atoms with van der Waals surface area (Å²) in [6, 6.07) is 4.24. The van der Waals surface area contributed by atoms with Crippen LogP contribution in [0.25, 0.3) is 0 Å². The Labute approximate surface area is 228 Å². The Kier molecular flexibility index (Phi) is 11.6. The van der Waals surface area contributed by atoms with E-state index in [4.69, 9.17) is 4.74 Å². The van der Waals surface area contributed by atoms with Crippen LogP contribution >= 0.6 is 11.8 Å². The number of hydrogen-bond donors (Lipinski definition) is 2. The summed E-state index contributed by atoms with van der Waals surface area (Å²) in [5.74, 6) is 0.105. The average molecular weight is 536 g/mol. The lowest BCUT2D eigenvalue weighted by Gasteiger charge is -2.45. The minimum atomic E-state index is -0.876. The first-order valence-electron chi connectivity index (χ1n) is 13.0. The van der Waals surface area contributed by atoms with Crippen LogP contribution in [-0.2, 0) is 14.3 Å². The summed E-state index contributed by atoms with van der Waals surface area (Å²) < 4.78 is 5.48. The van der Waals surface area contributed by atoms with Gasteiger partial charge in [-0.15, -0.1) is 0 Å². The highest BCUT2D eigenvalue weighted by atomic mass is 32.2. The number of thioether (sulfide) groups is 1. The summed E-state index contributed by atoms with van der Waals surface area (Å²) in [5.41, 5.74) is 0.822. The Morgan fingerprint density at radius 2 is 1.62 bits per heavy atom. The third-order valence-electron chi connectivity index (χ3n) is 6.09. The number of aryl methyl sites for hydroxylation is 2. The Bertz CT molecular complexity index is 947. The van der Waals surface area contributed by atoms with Crippen molar-refractivity contribution < 1.29 is 19.1 Å². The number of benzene rings is 1. The van der Waals surface area contributed by atoms with Crippen molar-refractivity contribution in [3.63, 3.8) is 0 Å². The molecular formula is C29H49N3O4S. The van der Waals surface area contributed by atoms with Crippen molar-refractivity contribution in [1.82, 2.24) is 15.5 Å². The fraction of sp³-hybridized carbons (Fsp3) is 0.690. The van der Waals surface area contributed by atoms with Gasteiger partial charge in [-0.25, -0.2) is 4.79 Å². The van der Waals surface area contributed by atoms with Crippen LogP contribution in [-0.4, -0.2) is 57.5 Å².